The van der Waals surface area contributed by atoms with Crippen LogP contribution in [-0.4, -0.2) is 19.5 Å². The van der Waals surface area contributed by atoms with Gasteiger partial charge < -0.3 is 10.6 Å². The Bertz CT molecular complexity index is 357. The number of rotatable bonds is 2. The Morgan fingerprint density at radius 2 is 2.29 bits per heavy atom. The van der Waals surface area contributed by atoms with Crippen molar-refractivity contribution >= 4 is 23.2 Å². The van der Waals surface area contributed by atoms with Gasteiger partial charge in [0.05, 0.1) is 12.2 Å². The van der Waals surface area contributed by atoms with Gasteiger partial charge in [0.2, 0.25) is 5.91 Å². The lowest BCUT2D eigenvalue weighted by molar-refractivity contribution is -0.117. The van der Waals surface area contributed by atoms with Crippen LogP contribution in [0.3, 0.4) is 0 Å². The Morgan fingerprint density at radius 3 is 2.86 bits per heavy atom. The molecule has 0 radical (unpaired) electrons. The van der Waals surface area contributed by atoms with E-state index in [1.807, 2.05) is 0 Å². The lowest BCUT2D eigenvalue weighted by atomic mass is 10.3. The van der Waals surface area contributed by atoms with Gasteiger partial charge in [0.1, 0.15) is 5.82 Å². The molecule has 14 heavy (non-hydrogen) atoms. The molecule has 0 atom stereocenters. The molecule has 2 N–H and O–H groups in total. The summed E-state index contributed by atoms with van der Waals surface area (Å²) < 4.78 is 13.2. The Morgan fingerprint density at radius 1 is 1.64 bits per heavy atom. The third kappa shape index (κ3) is 2.21. The molecular weight excluding hydrogens is 207 g/mol. The van der Waals surface area contributed by atoms with Crippen molar-refractivity contribution in [3.63, 3.8) is 0 Å². The highest BCUT2D eigenvalue weighted by molar-refractivity contribution is 6.30. The monoisotopic (exact) mass is 216 g/mol. The third-order valence-electron chi connectivity index (χ3n) is 1.82. The summed E-state index contributed by atoms with van der Waals surface area (Å²) in [5, 5.41) is 0.373. The van der Waals surface area contributed by atoms with Crippen molar-refractivity contribution in [3.05, 3.63) is 29.0 Å². The molecule has 0 aliphatic carbocycles. The van der Waals surface area contributed by atoms with Crippen LogP contribution in [0.1, 0.15) is 0 Å². The fourth-order valence-corrected chi connectivity index (χ4v) is 1.18. The second-order valence-corrected chi connectivity index (χ2v) is 3.19. The number of halogens is 2. The summed E-state index contributed by atoms with van der Waals surface area (Å²) in [5.41, 5.74) is 5.28. The van der Waals surface area contributed by atoms with Gasteiger partial charge in [0, 0.05) is 12.1 Å². The number of anilines is 1. The van der Waals surface area contributed by atoms with Crippen molar-refractivity contribution in [1.29, 1.82) is 0 Å². The zero-order valence-electron chi connectivity index (χ0n) is 7.63. The van der Waals surface area contributed by atoms with Gasteiger partial charge in [-0.05, 0) is 18.2 Å². The number of likely N-dealkylation sites (N-methyl/N-ethyl adjacent to an activating group) is 1. The SMILES string of the molecule is CN(C(=O)CN)c1cc(Cl)ccc1F. The minimum Gasteiger partial charge on any atom is -0.322 e. The highest BCUT2D eigenvalue weighted by Gasteiger charge is 2.13. The number of carbonyl (C=O) groups is 1. The first-order valence-electron chi connectivity index (χ1n) is 3.98. The maximum absolute atomic E-state index is 13.2. The van der Waals surface area contributed by atoms with E-state index in [-0.39, 0.29) is 18.1 Å². The predicted molar refractivity (Wildman–Crippen MR) is 53.9 cm³/mol. The highest BCUT2D eigenvalue weighted by atomic mass is 35.5. The zero-order chi connectivity index (χ0) is 10.7. The largest absolute Gasteiger partial charge is 0.322 e. The van der Waals surface area contributed by atoms with E-state index in [4.69, 9.17) is 17.3 Å². The number of carbonyl (C=O) groups excluding carboxylic acids is 1. The van der Waals surface area contributed by atoms with Gasteiger partial charge >= 0.3 is 0 Å². The van der Waals surface area contributed by atoms with Crippen molar-refractivity contribution in [1.82, 2.24) is 0 Å². The van der Waals surface area contributed by atoms with Crippen LogP contribution in [-0.2, 0) is 4.79 Å². The van der Waals surface area contributed by atoms with Gasteiger partial charge in [-0.2, -0.15) is 0 Å². The molecule has 1 rings (SSSR count). The van der Waals surface area contributed by atoms with Crippen LogP contribution < -0.4 is 10.6 Å². The summed E-state index contributed by atoms with van der Waals surface area (Å²) in [6, 6.07) is 4.00. The van der Waals surface area contributed by atoms with E-state index in [2.05, 4.69) is 0 Å². The van der Waals surface area contributed by atoms with Crippen molar-refractivity contribution in [2.75, 3.05) is 18.5 Å². The fourth-order valence-electron chi connectivity index (χ4n) is 1.01. The van der Waals surface area contributed by atoms with Crippen molar-refractivity contribution < 1.29 is 9.18 Å². The second-order valence-electron chi connectivity index (χ2n) is 2.75. The van der Waals surface area contributed by atoms with Gasteiger partial charge in [-0.3, -0.25) is 4.79 Å². The molecule has 76 valence electrons. The van der Waals surface area contributed by atoms with E-state index < -0.39 is 5.82 Å². The number of benzene rings is 1. The lowest BCUT2D eigenvalue weighted by Crippen LogP contribution is -2.33. The summed E-state index contributed by atoms with van der Waals surface area (Å²) in [5.74, 6) is -0.870. The first-order chi connectivity index (χ1) is 6.56. The van der Waals surface area contributed by atoms with E-state index in [1.165, 1.54) is 25.2 Å². The van der Waals surface area contributed by atoms with E-state index in [9.17, 15) is 9.18 Å². The molecule has 0 fully saturated rings. The molecule has 0 heterocycles. The maximum Gasteiger partial charge on any atom is 0.240 e. The normalized spacial score (nSPS) is 10.0. The van der Waals surface area contributed by atoms with Crippen LogP contribution in [0.5, 0.6) is 0 Å². The predicted octanol–water partition coefficient (Wildman–Crippen LogP) is 1.40. The number of nitrogens with two attached hydrogens (primary N) is 1. The zero-order valence-corrected chi connectivity index (χ0v) is 8.38. The first kappa shape index (κ1) is 10.9. The van der Waals surface area contributed by atoms with Crippen LogP contribution in [0.4, 0.5) is 10.1 Å². The molecule has 0 aliphatic rings. The molecule has 1 aromatic carbocycles. The van der Waals surface area contributed by atoms with E-state index >= 15 is 0 Å². The fraction of sp³-hybridized carbons (Fsp3) is 0.222. The Balaban J connectivity index is 3.05. The van der Waals surface area contributed by atoms with Crippen LogP contribution in [0.15, 0.2) is 18.2 Å². The number of nitrogens with zero attached hydrogens (tertiary/aromatic N) is 1. The summed E-state index contributed by atoms with van der Waals surface area (Å²) in [6.07, 6.45) is 0. The second kappa shape index (κ2) is 4.39. The van der Waals surface area contributed by atoms with Crippen molar-refractivity contribution in [2.45, 2.75) is 0 Å². The summed E-state index contributed by atoms with van der Waals surface area (Å²) in [6.45, 7) is -0.164. The van der Waals surface area contributed by atoms with Crippen LogP contribution in [0.2, 0.25) is 5.02 Å². The molecule has 0 aromatic heterocycles. The van der Waals surface area contributed by atoms with Crippen LogP contribution >= 0.6 is 11.6 Å². The summed E-state index contributed by atoms with van der Waals surface area (Å²) in [4.78, 5) is 12.3. The molecule has 0 saturated carbocycles. The van der Waals surface area contributed by atoms with Crippen LogP contribution in [0, 0.1) is 5.82 Å². The standard InChI is InChI=1S/C9H10ClFN2O/c1-13(9(14)5-12)8-4-6(10)2-3-7(8)11/h2-4H,5,12H2,1H3. The molecule has 0 bridgehead atoms. The number of amides is 1. The van der Waals surface area contributed by atoms with Gasteiger partial charge in [-0.1, -0.05) is 11.6 Å². The van der Waals surface area contributed by atoms with Gasteiger partial charge in [-0.15, -0.1) is 0 Å². The van der Waals surface area contributed by atoms with E-state index in [1.54, 1.807) is 0 Å². The van der Waals surface area contributed by atoms with Gasteiger partial charge in [0.25, 0.3) is 0 Å². The van der Waals surface area contributed by atoms with Gasteiger partial charge in [0.15, 0.2) is 0 Å². The third-order valence-corrected chi connectivity index (χ3v) is 2.05. The molecule has 1 amide bonds. The topological polar surface area (TPSA) is 46.3 Å². The molecule has 0 aliphatic heterocycles. The Hall–Kier alpha value is -1.13. The van der Waals surface area contributed by atoms with E-state index in [0.717, 1.165) is 4.90 Å². The van der Waals surface area contributed by atoms with Gasteiger partial charge in [-0.25, -0.2) is 4.39 Å². The maximum atomic E-state index is 13.2. The minimum atomic E-state index is -0.501. The smallest absolute Gasteiger partial charge is 0.240 e. The Kier molecular flexibility index (Phi) is 3.43. The number of hydrogen-bond donors (Lipinski definition) is 1. The lowest BCUT2D eigenvalue weighted by Gasteiger charge is -2.17. The average molecular weight is 217 g/mol. The first-order valence-corrected chi connectivity index (χ1v) is 4.35. The quantitative estimate of drug-likeness (QED) is 0.813. The average Bonchev–Trinajstić information content (AvgIpc) is 2.19. The van der Waals surface area contributed by atoms with Crippen LogP contribution in [0.25, 0.3) is 0 Å². The summed E-state index contributed by atoms with van der Waals surface area (Å²) >= 11 is 5.67. The number of hydrogen-bond acceptors (Lipinski definition) is 2. The molecular formula is C9H10ClFN2O. The van der Waals surface area contributed by atoms with Crippen molar-refractivity contribution in [2.24, 2.45) is 5.73 Å². The Labute approximate surface area is 86.3 Å². The molecule has 0 unspecified atom stereocenters. The molecule has 1 aromatic rings. The molecule has 5 heteroatoms. The summed E-state index contributed by atoms with van der Waals surface area (Å²) in [7, 11) is 1.45. The van der Waals surface area contributed by atoms with Crippen molar-refractivity contribution in [3.8, 4) is 0 Å². The minimum absolute atomic E-state index is 0.132. The molecule has 0 saturated heterocycles. The van der Waals surface area contributed by atoms with E-state index in [0.29, 0.717) is 5.02 Å². The molecule has 3 nitrogen and oxygen atoms in total. The molecule has 0 spiro atoms. The highest BCUT2D eigenvalue weighted by Crippen LogP contribution is 2.22.